The molecule has 1 unspecified atom stereocenters. The molecule has 0 aliphatic carbocycles. The second-order valence-corrected chi connectivity index (χ2v) is 6.34. The molecule has 1 aromatic carbocycles. The van der Waals surface area contributed by atoms with Crippen molar-refractivity contribution in [3.8, 4) is 0 Å². The van der Waals surface area contributed by atoms with Gasteiger partial charge in [0.1, 0.15) is 0 Å². The van der Waals surface area contributed by atoms with E-state index in [-0.39, 0.29) is 5.91 Å². The standard InChI is InChI=1S/C11H12Br2INO/c1-7(5-12)6-15-11(16)9-4-8(14)2-3-10(9)13/h2-4,7H,5-6H2,1H3,(H,15,16). The van der Waals surface area contributed by atoms with Gasteiger partial charge in [-0.15, -0.1) is 0 Å². The second kappa shape index (κ2) is 6.96. The smallest absolute Gasteiger partial charge is 0.252 e. The van der Waals surface area contributed by atoms with Crippen molar-refractivity contribution < 1.29 is 4.79 Å². The van der Waals surface area contributed by atoms with Gasteiger partial charge in [-0.3, -0.25) is 4.79 Å². The van der Waals surface area contributed by atoms with Crippen molar-refractivity contribution >= 4 is 60.4 Å². The summed E-state index contributed by atoms with van der Waals surface area (Å²) in [7, 11) is 0. The maximum atomic E-state index is 11.9. The third-order valence-electron chi connectivity index (χ3n) is 2.05. The molecule has 0 aromatic heterocycles. The highest BCUT2D eigenvalue weighted by atomic mass is 127. The molecule has 16 heavy (non-hydrogen) atoms. The Hall–Kier alpha value is 0.380. The Bertz CT molecular complexity index is 384. The fourth-order valence-electron chi connectivity index (χ4n) is 1.09. The molecular formula is C11H12Br2INO. The van der Waals surface area contributed by atoms with Crippen LogP contribution in [0.4, 0.5) is 0 Å². The van der Waals surface area contributed by atoms with Crippen LogP contribution in [0.2, 0.25) is 0 Å². The summed E-state index contributed by atoms with van der Waals surface area (Å²) in [5, 5.41) is 3.81. The molecule has 0 saturated carbocycles. The first kappa shape index (κ1) is 14.4. The Kier molecular flexibility index (Phi) is 6.28. The lowest BCUT2D eigenvalue weighted by Gasteiger charge is -2.10. The lowest BCUT2D eigenvalue weighted by molar-refractivity contribution is 0.0948. The van der Waals surface area contributed by atoms with E-state index < -0.39 is 0 Å². The molecule has 0 aliphatic rings. The number of carbonyl (C=O) groups excluding carboxylic acids is 1. The van der Waals surface area contributed by atoms with E-state index in [0.717, 1.165) is 13.4 Å². The molecule has 1 aromatic rings. The van der Waals surface area contributed by atoms with Gasteiger partial charge in [-0.2, -0.15) is 0 Å². The van der Waals surface area contributed by atoms with Gasteiger partial charge in [-0.25, -0.2) is 0 Å². The van der Waals surface area contributed by atoms with E-state index in [1.807, 2.05) is 18.2 Å². The molecule has 0 radical (unpaired) electrons. The van der Waals surface area contributed by atoms with Crippen LogP contribution in [-0.2, 0) is 0 Å². The Labute approximate surface area is 126 Å². The third kappa shape index (κ3) is 4.33. The SMILES string of the molecule is CC(CBr)CNC(=O)c1cc(I)ccc1Br. The molecule has 0 spiro atoms. The second-order valence-electron chi connectivity index (χ2n) is 3.59. The first-order chi connectivity index (χ1) is 7.54. The maximum Gasteiger partial charge on any atom is 0.252 e. The number of amides is 1. The number of alkyl halides is 1. The lowest BCUT2D eigenvalue weighted by Crippen LogP contribution is -2.29. The summed E-state index contributed by atoms with van der Waals surface area (Å²) in [6.45, 7) is 2.76. The van der Waals surface area contributed by atoms with E-state index in [1.54, 1.807) is 0 Å². The van der Waals surface area contributed by atoms with Crippen molar-refractivity contribution in [2.75, 3.05) is 11.9 Å². The Morgan fingerprint density at radius 2 is 2.25 bits per heavy atom. The summed E-state index contributed by atoms with van der Waals surface area (Å²) in [6.07, 6.45) is 0. The first-order valence-electron chi connectivity index (χ1n) is 4.83. The minimum absolute atomic E-state index is 0.0295. The lowest BCUT2D eigenvalue weighted by atomic mass is 10.2. The Morgan fingerprint density at radius 3 is 2.88 bits per heavy atom. The van der Waals surface area contributed by atoms with Gasteiger partial charge in [-0.1, -0.05) is 22.9 Å². The first-order valence-corrected chi connectivity index (χ1v) is 7.83. The van der Waals surface area contributed by atoms with Crippen LogP contribution in [0.15, 0.2) is 22.7 Å². The molecule has 5 heteroatoms. The topological polar surface area (TPSA) is 29.1 Å². The molecule has 1 N–H and O–H groups in total. The highest BCUT2D eigenvalue weighted by Crippen LogP contribution is 2.19. The number of hydrogen-bond acceptors (Lipinski definition) is 1. The zero-order chi connectivity index (χ0) is 12.1. The van der Waals surface area contributed by atoms with E-state index in [2.05, 4.69) is 66.7 Å². The molecule has 1 amide bonds. The summed E-state index contributed by atoms with van der Waals surface area (Å²) in [4.78, 5) is 11.9. The van der Waals surface area contributed by atoms with Crippen molar-refractivity contribution in [1.82, 2.24) is 5.32 Å². The van der Waals surface area contributed by atoms with E-state index in [1.165, 1.54) is 0 Å². The predicted octanol–water partition coefficient (Wildman–Crippen LogP) is 3.81. The van der Waals surface area contributed by atoms with Gasteiger partial charge in [-0.05, 0) is 62.6 Å². The third-order valence-corrected chi connectivity index (χ3v) is 4.52. The summed E-state index contributed by atoms with van der Waals surface area (Å²) in [6, 6.07) is 5.73. The van der Waals surface area contributed by atoms with Gasteiger partial charge in [0.25, 0.3) is 5.91 Å². The Balaban J connectivity index is 2.69. The predicted molar refractivity (Wildman–Crippen MR) is 82.2 cm³/mol. The van der Waals surface area contributed by atoms with Crippen molar-refractivity contribution in [2.45, 2.75) is 6.92 Å². The van der Waals surface area contributed by atoms with Crippen molar-refractivity contribution in [3.63, 3.8) is 0 Å². The highest BCUT2D eigenvalue weighted by Gasteiger charge is 2.11. The average molecular weight is 461 g/mol. The monoisotopic (exact) mass is 459 g/mol. The molecule has 0 aliphatic heterocycles. The van der Waals surface area contributed by atoms with Crippen molar-refractivity contribution in [3.05, 3.63) is 31.8 Å². The quantitative estimate of drug-likeness (QED) is 0.537. The molecule has 88 valence electrons. The zero-order valence-corrected chi connectivity index (χ0v) is 14.1. The van der Waals surface area contributed by atoms with Gasteiger partial charge >= 0.3 is 0 Å². The van der Waals surface area contributed by atoms with Crippen LogP contribution in [0.5, 0.6) is 0 Å². The van der Waals surface area contributed by atoms with E-state index in [0.29, 0.717) is 18.0 Å². The maximum absolute atomic E-state index is 11.9. The molecule has 0 fully saturated rings. The van der Waals surface area contributed by atoms with Crippen LogP contribution >= 0.6 is 54.5 Å². The van der Waals surface area contributed by atoms with Crippen LogP contribution in [0.3, 0.4) is 0 Å². The van der Waals surface area contributed by atoms with Crippen molar-refractivity contribution in [2.24, 2.45) is 5.92 Å². The minimum Gasteiger partial charge on any atom is -0.352 e. The van der Waals surface area contributed by atoms with E-state index >= 15 is 0 Å². The number of halogens is 3. The van der Waals surface area contributed by atoms with Gasteiger partial charge in [0.05, 0.1) is 5.56 Å². The van der Waals surface area contributed by atoms with Crippen LogP contribution < -0.4 is 5.32 Å². The van der Waals surface area contributed by atoms with Crippen molar-refractivity contribution in [1.29, 1.82) is 0 Å². The number of nitrogens with one attached hydrogen (secondary N) is 1. The van der Waals surface area contributed by atoms with Gasteiger partial charge in [0.2, 0.25) is 0 Å². The average Bonchev–Trinajstić information content (AvgIpc) is 2.28. The molecule has 1 rings (SSSR count). The normalized spacial score (nSPS) is 12.2. The number of carbonyl (C=O) groups is 1. The number of rotatable bonds is 4. The van der Waals surface area contributed by atoms with E-state index in [9.17, 15) is 4.79 Å². The zero-order valence-electron chi connectivity index (χ0n) is 8.77. The summed E-state index contributed by atoms with van der Waals surface area (Å²) in [5.74, 6) is 0.406. The molecule has 2 nitrogen and oxygen atoms in total. The molecule has 1 atom stereocenters. The fourth-order valence-corrected chi connectivity index (χ4v) is 2.24. The fraction of sp³-hybridized carbons (Fsp3) is 0.364. The largest absolute Gasteiger partial charge is 0.352 e. The Morgan fingerprint density at radius 1 is 1.56 bits per heavy atom. The number of hydrogen-bond donors (Lipinski definition) is 1. The minimum atomic E-state index is -0.0295. The van der Waals surface area contributed by atoms with Crippen LogP contribution in [0.1, 0.15) is 17.3 Å². The molecule has 0 saturated heterocycles. The van der Waals surface area contributed by atoms with Crippen LogP contribution in [-0.4, -0.2) is 17.8 Å². The summed E-state index contributed by atoms with van der Waals surface area (Å²) < 4.78 is 1.89. The van der Waals surface area contributed by atoms with Crippen LogP contribution in [0, 0.1) is 9.49 Å². The molecule has 0 heterocycles. The molecule has 0 bridgehead atoms. The number of benzene rings is 1. The van der Waals surface area contributed by atoms with Gasteiger partial charge < -0.3 is 5.32 Å². The molecular weight excluding hydrogens is 449 g/mol. The van der Waals surface area contributed by atoms with Gasteiger partial charge in [0, 0.05) is 19.9 Å². The van der Waals surface area contributed by atoms with Gasteiger partial charge in [0.15, 0.2) is 0 Å². The van der Waals surface area contributed by atoms with E-state index in [4.69, 9.17) is 0 Å². The summed E-state index contributed by atoms with van der Waals surface area (Å²) >= 11 is 8.96. The highest BCUT2D eigenvalue weighted by molar-refractivity contribution is 14.1. The summed E-state index contributed by atoms with van der Waals surface area (Å²) in [5.41, 5.74) is 0.689. The van der Waals surface area contributed by atoms with Crippen LogP contribution in [0.25, 0.3) is 0 Å².